The van der Waals surface area contributed by atoms with Crippen LogP contribution < -0.4 is 20.1 Å². The number of nitrogens with one attached hydrogen (secondary N) is 2. The summed E-state index contributed by atoms with van der Waals surface area (Å²) in [6.07, 6.45) is 0. The number of hydrogen-bond donors (Lipinski definition) is 2. The minimum atomic E-state index is -0.373. The third-order valence-electron chi connectivity index (χ3n) is 3.24. The third kappa shape index (κ3) is 5.36. The Morgan fingerprint density at radius 2 is 1.64 bits per heavy atom. The second-order valence-electron chi connectivity index (χ2n) is 4.98. The number of esters is 1. The molecule has 25 heavy (non-hydrogen) atoms. The van der Waals surface area contributed by atoms with Crippen molar-refractivity contribution >= 4 is 34.7 Å². The van der Waals surface area contributed by atoms with Crippen molar-refractivity contribution in [3.63, 3.8) is 0 Å². The highest BCUT2D eigenvalue weighted by Crippen LogP contribution is 2.26. The van der Waals surface area contributed by atoms with Crippen LogP contribution in [0.3, 0.4) is 0 Å². The quantitative estimate of drug-likeness (QED) is 0.601. The zero-order chi connectivity index (χ0) is 18.2. The van der Waals surface area contributed by atoms with Crippen LogP contribution >= 0.6 is 12.2 Å². The minimum Gasteiger partial charge on any atom is -0.497 e. The Morgan fingerprint density at radius 1 is 1.00 bits per heavy atom. The van der Waals surface area contributed by atoms with Gasteiger partial charge >= 0.3 is 5.97 Å². The van der Waals surface area contributed by atoms with Crippen molar-refractivity contribution in [2.24, 2.45) is 0 Å². The third-order valence-corrected chi connectivity index (χ3v) is 3.45. The summed E-state index contributed by atoms with van der Waals surface area (Å²) in [7, 11) is 3.16. The fraction of sp³-hybridized carbons (Fsp3) is 0.222. The van der Waals surface area contributed by atoms with Crippen LogP contribution in [0, 0.1) is 0 Å². The standard InChI is InChI=1S/C18H20N2O4S/c1-4-24-17(21)12-6-5-7-13(8-12)19-18(25)20-14-9-15(22-2)11-16(10-14)23-3/h5-11H,4H2,1-3H3,(H2,19,20,25). The predicted octanol–water partition coefficient (Wildman–Crippen LogP) is 3.69. The molecule has 2 aromatic rings. The Hall–Kier alpha value is -2.80. The summed E-state index contributed by atoms with van der Waals surface area (Å²) in [5.74, 6) is 0.922. The van der Waals surface area contributed by atoms with Gasteiger partial charge in [-0.05, 0) is 37.3 Å². The van der Waals surface area contributed by atoms with Crippen molar-refractivity contribution in [2.75, 3.05) is 31.5 Å². The van der Waals surface area contributed by atoms with E-state index in [1.807, 2.05) is 6.07 Å². The highest BCUT2D eigenvalue weighted by Gasteiger charge is 2.08. The van der Waals surface area contributed by atoms with Gasteiger partial charge in [-0.25, -0.2) is 4.79 Å². The summed E-state index contributed by atoms with van der Waals surface area (Å²) in [5, 5.41) is 6.46. The van der Waals surface area contributed by atoms with Crippen LogP contribution in [0.2, 0.25) is 0 Å². The molecule has 2 N–H and O–H groups in total. The van der Waals surface area contributed by atoms with Crippen LogP contribution in [0.4, 0.5) is 11.4 Å². The SMILES string of the molecule is CCOC(=O)c1cccc(NC(=S)Nc2cc(OC)cc(OC)c2)c1. The predicted molar refractivity (Wildman–Crippen MR) is 102 cm³/mol. The Morgan fingerprint density at radius 3 is 2.24 bits per heavy atom. The largest absolute Gasteiger partial charge is 0.497 e. The summed E-state index contributed by atoms with van der Waals surface area (Å²) in [5.41, 5.74) is 1.85. The minimum absolute atomic E-state index is 0.328. The van der Waals surface area contributed by atoms with Gasteiger partial charge in [0.2, 0.25) is 0 Å². The van der Waals surface area contributed by atoms with Crippen LogP contribution in [0.25, 0.3) is 0 Å². The fourth-order valence-electron chi connectivity index (χ4n) is 2.11. The molecule has 0 amide bonds. The molecule has 7 heteroatoms. The normalized spacial score (nSPS) is 9.88. The maximum absolute atomic E-state index is 11.8. The molecule has 0 spiro atoms. The molecule has 2 rings (SSSR count). The number of carbonyl (C=O) groups excluding carboxylic acids is 1. The van der Waals surface area contributed by atoms with Gasteiger partial charge in [-0.2, -0.15) is 0 Å². The monoisotopic (exact) mass is 360 g/mol. The number of hydrogen-bond acceptors (Lipinski definition) is 5. The molecule has 0 saturated carbocycles. The number of rotatable bonds is 6. The molecule has 6 nitrogen and oxygen atoms in total. The van der Waals surface area contributed by atoms with Gasteiger partial charge in [0.25, 0.3) is 0 Å². The fourth-order valence-corrected chi connectivity index (χ4v) is 2.35. The molecule has 0 saturated heterocycles. The maximum Gasteiger partial charge on any atom is 0.338 e. The second-order valence-corrected chi connectivity index (χ2v) is 5.39. The molecule has 0 aliphatic carbocycles. The van der Waals surface area contributed by atoms with Crippen molar-refractivity contribution in [2.45, 2.75) is 6.92 Å². The number of carbonyl (C=O) groups is 1. The zero-order valence-corrected chi connectivity index (χ0v) is 15.1. The molecular weight excluding hydrogens is 340 g/mol. The molecular formula is C18H20N2O4S. The van der Waals surface area contributed by atoms with Crippen LogP contribution in [0.5, 0.6) is 11.5 Å². The molecule has 0 aromatic heterocycles. The Labute approximate surface area is 152 Å². The van der Waals surface area contributed by atoms with E-state index >= 15 is 0 Å². The summed E-state index contributed by atoms with van der Waals surface area (Å²) < 4.78 is 15.4. The van der Waals surface area contributed by atoms with Crippen molar-refractivity contribution in [1.82, 2.24) is 0 Å². The first-order valence-electron chi connectivity index (χ1n) is 7.64. The molecule has 0 bridgehead atoms. The van der Waals surface area contributed by atoms with Crippen molar-refractivity contribution in [1.29, 1.82) is 0 Å². The number of benzene rings is 2. The van der Waals surface area contributed by atoms with Crippen molar-refractivity contribution in [3.05, 3.63) is 48.0 Å². The lowest BCUT2D eigenvalue weighted by Crippen LogP contribution is -2.19. The van der Waals surface area contributed by atoms with E-state index in [1.165, 1.54) is 0 Å². The van der Waals surface area contributed by atoms with Gasteiger partial charge in [0.05, 0.1) is 26.4 Å². The van der Waals surface area contributed by atoms with E-state index in [0.717, 1.165) is 5.69 Å². The topological polar surface area (TPSA) is 68.8 Å². The van der Waals surface area contributed by atoms with Crippen LogP contribution in [-0.2, 0) is 4.74 Å². The average molecular weight is 360 g/mol. The first-order valence-corrected chi connectivity index (χ1v) is 8.04. The molecule has 2 aromatic carbocycles. The molecule has 0 atom stereocenters. The second kappa shape index (κ2) is 8.89. The Bertz CT molecular complexity index is 742. The Balaban J connectivity index is 2.08. The van der Waals surface area contributed by atoms with E-state index < -0.39 is 0 Å². The van der Waals surface area contributed by atoms with Gasteiger partial charge in [0.15, 0.2) is 5.11 Å². The molecule has 0 heterocycles. The lowest BCUT2D eigenvalue weighted by molar-refractivity contribution is 0.0526. The zero-order valence-electron chi connectivity index (χ0n) is 14.3. The van der Waals surface area contributed by atoms with E-state index in [2.05, 4.69) is 10.6 Å². The first kappa shape index (κ1) is 18.5. The lowest BCUT2D eigenvalue weighted by atomic mass is 10.2. The molecule has 132 valence electrons. The Kier molecular flexibility index (Phi) is 6.59. The van der Waals surface area contributed by atoms with Gasteiger partial charge in [0, 0.05) is 29.6 Å². The average Bonchev–Trinajstić information content (AvgIpc) is 2.61. The first-order chi connectivity index (χ1) is 12.0. The van der Waals surface area contributed by atoms with Crippen molar-refractivity contribution in [3.8, 4) is 11.5 Å². The molecule has 0 aliphatic heterocycles. The van der Waals surface area contributed by atoms with E-state index in [9.17, 15) is 4.79 Å². The van der Waals surface area contributed by atoms with E-state index in [4.69, 9.17) is 26.4 Å². The number of anilines is 2. The lowest BCUT2D eigenvalue weighted by Gasteiger charge is -2.13. The summed E-state index contributed by atoms with van der Waals surface area (Å²) in [6, 6.07) is 12.3. The summed E-state index contributed by atoms with van der Waals surface area (Å²) >= 11 is 5.32. The van der Waals surface area contributed by atoms with Crippen molar-refractivity contribution < 1.29 is 19.0 Å². The van der Waals surface area contributed by atoms with Gasteiger partial charge in [-0.1, -0.05) is 6.07 Å². The summed E-state index contributed by atoms with van der Waals surface area (Å²) in [4.78, 5) is 11.8. The number of thiocarbonyl (C=S) groups is 1. The molecule has 0 aliphatic rings. The molecule has 0 radical (unpaired) electrons. The van der Waals surface area contributed by atoms with Gasteiger partial charge in [0.1, 0.15) is 11.5 Å². The highest BCUT2D eigenvalue weighted by atomic mass is 32.1. The van der Waals surface area contributed by atoms with Gasteiger partial charge < -0.3 is 24.8 Å². The molecule has 0 unspecified atom stereocenters. The van der Waals surface area contributed by atoms with Gasteiger partial charge in [-0.3, -0.25) is 0 Å². The van der Waals surface area contributed by atoms with E-state index in [0.29, 0.717) is 34.5 Å². The smallest absolute Gasteiger partial charge is 0.338 e. The van der Waals surface area contributed by atoms with E-state index in [-0.39, 0.29) is 5.97 Å². The van der Waals surface area contributed by atoms with Crippen LogP contribution in [-0.4, -0.2) is 31.9 Å². The highest BCUT2D eigenvalue weighted by molar-refractivity contribution is 7.80. The van der Waals surface area contributed by atoms with Crippen LogP contribution in [0.1, 0.15) is 17.3 Å². The number of methoxy groups -OCH3 is 2. The van der Waals surface area contributed by atoms with E-state index in [1.54, 1.807) is 57.5 Å². The number of ether oxygens (including phenoxy) is 3. The maximum atomic E-state index is 11.8. The molecule has 0 fully saturated rings. The van der Waals surface area contributed by atoms with Crippen LogP contribution in [0.15, 0.2) is 42.5 Å². The van der Waals surface area contributed by atoms with Gasteiger partial charge in [-0.15, -0.1) is 0 Å². The summed E-state index contributed by atoms with van der Waals surface area (Å²) in [6.45, 7) is 2.09.